The quantitative estimate of drug-likeness (QED) is 0.575. The molecule has 0 bridgehead atoms. The Morgan fingerprint density at radius 3 is 2.42 bits per heavy atom. The summed E-state index contributed by atoms with van der Waals surface area (Å²) in [6.07, 6.45) is 3.68. The smallest absolute Gasteiger partial charge is 0.246 e. The van der Waals surface area contributed by atoms with Gasteiger partial charge < -0.3 is 19.3 Å². The standard InChI is InChI=1S/C24H34N2O4S/c1-3-29-24(30-4-2)21-15-31-16-26(21)23(28)20-10-7-11-25(20)22(27)14-17-12-18-8-5-6-9-19(18)13-17/h5-6,8-9,17,20-21,24H,3-4,7,10-16H2,1-2H3/t20-,21-/m0/s1. The number of nitrogens with zero attached hydrogens (tertiary/aromatic N) is 2. The van der Waals surface area contributed by atoms with Gasteiger partial charge in [0.2, 0.25) is 11.8 Å². The predicted octanol–water partition coefficient (Wildman–Crippen LogP) is 3.08. The Morgan fingerprint density at radius 1 is 1.10 bits per heavy atom. The topological polar surface area (TPSA) is 59.1 Å². The molecule has 0 saturated carbocycles. The molecule has 2 aliphatic heterocycles. The molecule has 3 aliphatic rings. The number of carbonyl (C=O) groups is 2. The Hall–Kier alpha value is -1.57. The Bertz CT molecular complexity index is 758. The van der Waals surface area contributed by atoms with Crippen molar-refractivity contribution in [2.24, 2.45) is 5.92 Å². The fourth-order valence-corrected chi connectivity index (χ4v) is 6.38. The van der Waals surface area contributed by atoms with Crippen LogP contribution < -0.4 is 0 Å². The highest BCUT2D eigenvalue weighted by Crippen LogP contribution is 2.32. The van der Waals surface area contributed by atoms with Crippen LogP contribution in [0.3, 0.4) is 0 Å². The third-order valence-corrected chi connectivity index (χ3v) is 7.67. The Kier molecular flexibility index (Phi) is 7.56. The molecule has 0 radical (unpaired) electrons. The predicted molar refractivity (Wildman–Crippen MR) is 122 cm³/mol. The molecule has 2 fully saturated rings. The van der Waals surface area contributed by atoms with E-state index in [0.717, 1.165) is 31.4 Å². The molecule has 0 spiro atoms. The molecule has 2 amide bonds. The van der Waals surface area contributed by atoms with Gasteiger partial charge in [-0.25, -0.2) is 0 Å². The Balaban J connectivity index is 1.39. The molecule has 0 N–H and O–H groups in total. The summed E-state index contributed by atoms with van der Waals surface area (Å²) in [6.45, 7) is 5.66. The number of thioether (sulfide) groups is 1. The number of ether oxygens (including phenoxy) is 2. The Labute approximate surface area is 189 Å². The second kappa shape index (κ2) is 10.4. The van der Waals surface area contributed by atoms with Crippen LogP contribution in [0, 0.1) is 5.92 Å². The van der Waals surface area contributed by atoms with Crippen molar-refractivity contribution in [2.75, 3.05) is 31.4 Å². The van der Waals surface area contributed by atoms with Crippen molar-refractivity contribution in [1.82, 2.24) is 9.80 Å². The van der Waals surface area contributed by atoms with Crippen LogP contribution >= 0.6 is 11.8 Å². The van der Waals surface area contributed by atoms with Crippen LogP contribution in [0.15, 0.2) is 24.3 Å². The van der Waals surface area contributed by atoms with Crippen molar-refractivity contribution in [3.8, 4) is 0 Å². The molecule has 4 rings (SSSR count). The van der Waals surface area contributed by atoms with Crippen LogP contribution in [-0.4, -0.2) is 71.4 Å². The lowest BCUT2D eigenvalue weighted by atomic mass is 10.0. The maximum Gasteiger partial charge on any atom is 0.246 e. The zero-order valence-electron chi connectivity index (χ0n) is 18.6. The fraction of sp³-hybridized carbons (Fsp3) is 0.667. The van der Waals surface area contributed by atoms with Crippen LogP contribution in [0.25, 0.3) is 0 Å². The third kappa shape index (κ3) is 4.94. The van der Waals surface area contributed by atoms with E-state index in [1.807, 2.05) is 23.6 Å². The van der Waals surface area contributed by atoms with Gasteiger partial charge in [0, 0.05) is 31.9 Å². The van der Waals surface area contributed by atoms with Gasteiger partial charge in [0.05, 0.1) is 11.9 Å². The van der Waals surface area contributed by atoms with Gasteiger partial charge in [-0.1, -0.05) is 24.3 Å². The number of hydrogen-bond donors (Lipinski definition) is 0. The summed E-state index contributed by atoms with van der Waals surface area (Å²) in [5, 5.41) is 0. The SMILES string of the molecule is CCOC(OCC)[C@@H]1CSCN1C(=O)[C@@H]1CCCN1C(=O)CC1Cc2ccccc2C1. The van der Waals surface area contributed by atoms with Crippen molar-refractivity contribution in [3.63, 3.8) is 0 Å². The van der Waals surface area contributed by atoms with Gasteiger partial charge in [0.25, 0.3) is 0 Å². The van der Waals surface area contributed by atoms with E-state index < -0.39 is 6.29 Å². The fourth-order valence-electron chi connectivity index (χ4n) is 5.18. The molecule has 6 nitrogen and oxygen atoms in total. The van der Waals surface area contributed by atoms with Crippen LogP contribution in [-0.2, 0) is 31.9 Å². The molecule has 2 heterocycles. The summed E-state index contributed by atoms with van der Waals surface area (Å²) in [4.78, 5) is 30.5. The number of benzene rings is 1. The second-order valence-electron chi connectivity index (χ2n) is 8.65. The van der Waals surface area contributed by atoms with Gasteiger partial charge in [0.15, 0.2) is 6.29 Å². The lowest BCUT2D eigenvalue weighted by Gasteiger charge is -2.34. The number of carbonyl (C=O) groups excluding carboxylic acids is 2. The maximum absolute atomic E-state index is 13.5. The molecule has 170 valence electrons. The number of likely N-dealkylation sites (tertiary alicyclic amines) is 1. The molecule has 7 heteroatoms. The zero-order chi connectivity index (χ0) is 21.8. The van der Waals surface area contributed by atoms with E-state index in [2.05, 4.69) is 24.3 Å². The summed E-state index contributed by atoms with van der Waals surface area (Å²) in [5.41, 5.74) is 2.73. The van der Waals surface area contributed by atoms with Crippen molar-refractivity contribution in [1.29, 1.82) is 0 Å². The minimum absolute atomic E-state index is 0.0555. The van der Waals surface area contributed by atoms with Crippen LogP contribution in [0.2, 0.25) is 0 Å². The van der Waals surface area contributed by atoms with Crippen LogP contribution in [0.1, 0.15) is 44.2 Å². The summed E-state index contributed by atoms with van der Waals surface area (Å²) in [7, 11) is 0. The molecule has 2 saturated heterocycles. The van der Waals surface area contributed by atoms with Crippen molar-refractivity contribution in [3.05, 3.63) is 35.4 Å². The zero-order valence-corrected chi connectivity index (χ0v) is 19.4. The first-order chi connectivity index (χ1) is 15.1. The van der Waals surface area contributed by atoms with Gasteiger partial charge in [-0.2, -0.15) is 0 Å². The highest BCUT2D eigenvalue weighted by atomic mass is 32.2. The van der Waals surface area contributed by atoms with Gasteiger partial charge >= 0.3 is 0 Å². The summed E-state index contributed by atoms with van der Waals surface area (Å²) in [5.74, 6) is 1.97. The van der Waals surface area contributed by atoms with Crippen molar-refractivity contribution < 1.29 is 19.1 Å². The minimum Gasteiger partial charge on any atom is -0.351 e. The average Bonchev–Trinajstić information content (AvgIpc) is 3.51. The lowest BCUT2D eigenvalue weighted by molar-refractivity contribution is -0.175. The summed E-state index contributed by atoms with van der Waals surface area (Å²) >= 11 is 1.73. The van der Waals surface area contributed by atoms with Gasteiger partial charge in [-0.05, 0) is 56.6 Å². The van der Waals surface area contributed by atoms with Crippen molar-refractivity contribution >= 4 is 23.6 Å². The molecule has 1 aliphatic carbocycles. The first-order valence-corrected chi connectivity index (χ1v) is 12.8. The monoisotopic (exact) mass is 446 g/mol. The Morgan fingerprint density at radius 2 is 1.77 bits per heavy atom. The number of hydrogen-bond acceptors (Lipinski definition) is 5. The normalized spacial score (nSPS) is 23.7. The molecule has 1 aromatic rings. The minimum atomic E-state index is -0.406. The largest absolute Gasteiger partial charge is 0.351 e. The van der Waals surface area contributed by atoms with E-state index >= 15 is 0 Å². The molecule has 31 heavy (non-hydrogen) atoms. The molecule has 0 unspecified atom stereocenters. The molecule has 2 atom stereocenters. The number of fused-ring (bicyclic) bond motifs is 1. The van der Waals surface area contributed by atoms with E-state index in [1.165, 1.54) is 11.1 Å². The van der Waals surface area contributed by atoms with Gasteiger partial charge in [0.1, 0.15) is 6.04 Å². The molecular weight excluding hydrogens is 412 g/mol. The van der Waals surface area contributed by atoms with E-state index in [9.17, 15) is 9.59 Å². The second-order valence-corrected chi connectivity index (χ2v) is 9.65. The molecule has 1 aromatic carbocycles. The first kappa shape index (κ1) is 22.6. The highest BCUT2D eigenvalue weighted by Gasteiger charge is 2.43. The molecular formula is C24H34N2O4S. The number of amides is 2. The highest BCUT2D eigenvalue weighted by molar-refractivity contribution is 7.99. The summed E-state index contributed by atoms with van der Waals surface area (Å²) in [6, 6.07) is 8.03. The average molecular weight is 447 g/mol. The van der Waals surface area contributed by atoms with Crippen LogP contribution in [0.4, 0.5) is 0 Å². The van der Waals surface area contributed by atoms with Gasteiger partial charge in [-0.15, -0.1) is 11.8 Å². The summed E-state index contributed by atoms with van der Waals surface area (Å²) < 4.78 is 11.6. The van der Waals surface area contributed by atoms with E-state index in [4.69, 9.17) is 9.47 Å². The van der Waals surface area contributed by atoms with Gasteiger partial charge in [-0.3, -0.25) is 9.59 Å². The van der Waals surface area contributed by atoms with E-state index in [0.29, 0.717) is 38.0 Å². The van der Waals surface area contributed by atoms with E-state index in [-0.39, 0.29) is 23.9 Å². The number of rotatable bonds is 8. The maximum atomic E-state index is 13.5. The van der Waals surface area contributed by atoms with Crippen LogP contribution in [0.5, 0.6) is 0 Å². The first-order valence-electron chi connectivity index (χ1n) is 11.6. The van der Waals surface area contributed by atoms with Crippen molar-refractivity contribution in [2.45, 2.75) is 64.3 Å². The van der Waals surface area contributed by atoms with E-state index in [1.54, 1.807) is 11.8 Å². The molecule has 0 aromatic heterocycles. The lowest BCUT2D eigenvalue weighted by Crippen LogP contribution is -2.53. The third-order valence-electron chi connectivity index (χ3n) is 6.64.